The number of para-hydroxylation sites is 1. The molecule has 1 aromatic carbocycles. The Bertz CT molecular complexity index is 602. The van der Waals surface area contributed by atoms with Crippen LogP contribution in [-0.4, -0.2) is 21.4 Å². The van der Waals surface area contributed by atoms with E-state index in [9.17, 15) is 4.79 Å². The van der Waals surface area contributed by atoms with Crippen molar-refractivity contribution in [3.63, 3.8) is 0 Å². The monoisotopic (exact) mass is 262 g/mol. The number of benzene rings is 1. The Labute approximate surface area is 111 Å². The van der Waals surface area contributed by atoms with E-state index in [4.69, 9.17) is 11.6 Å². The van der Waals surface area contributed by atoms with Crippen LogP contribution in [0.4, 0.5) is 0 Å². The molecule has 0 aliphatic carbocycles. The lowest BCUT2D eigenvalue weighted by atomic mass is 10.1. The normalized spacial score (nSPS) is 10.7. The molecule has 4 heteroatoms. The first-order chi connectivity index (χ1) is 8.56. The van der Waals surface area contributed by atoms with Crippen molar-refractivity contribution in [1.82, 2.24) is 9.78 Å². The van der Waals surface area contributed by atoms with Crippen LogP contribution in [0, 0.1) is 20.8 Å². The summed E-state index contributed by atoms with van der Waals surface area (Å²) in [6, 6.07) is 7.95. The largest absolute Gasteiger partial charge is 0.293 e. The Morgan fingerprint density at radius 2 is 1.94 bits per heavy atom. The van der Waals surface area contributed by atoms with E-state index < -0.39 is 0 Å². The molecule has 0 spiro atoms. The van der Waals surface area contributed by atoms with Crippen molar-refractivity contribution in [2.24, 2.45) is 0 Å². The highest BCUT2D eigenvalue weighted by Crippen LogP contribution is 2.20. The molecule has 0 radical (unpaired) electrons. The summed E-state index contributed by atoms with van der Waals surface area (Å²) in [4.78, 5) is 11.8. The summed E-state index contributed by atoms with van der Waals surface area (Å²) in [6.07, 6.45) is 0. The molecule has 0 unspecified atom stereocenters. The molecular weight excluding hydrogens is 248 g/mol. The molecule has 0 N–H and O–H groups in total. The van der Waals surface area contributed by atoms with E-state index in [1.54, 1.807) is 0 Å². The summed E-state index contributed by atoms with van der Waals surface area (Å²) < 4.78 is 1.81. The number of hydrogen-bond acceptors (Lipinski definition) is 2. The highest BCUT2D eigenvalue weighted by atomic mass is 35.5. The fourth-order valence-corrected chi connectivity index (χ4v) is 2.28. The molecule has 0 bridgehead atoms. The molecular formula is C14H15ClN2O. The van der Waals surface area contributed by atoms with Crippen molar-refractivity contribution in [3.8, 4) is 5.69 Å². The first-order valence-corrected chi connectivity index (χ1v) is 6.31. The summed E-state index contributed by atoms with van der Waals surface area (Å²) >= 11 is 5.63. The lowest BCUT2D eigenvalue weighted by Gasteiger charge is -2.07. The van der Waals surface area contributed by atoms with E-state index in [1.165, 1.54) is 0 Å². The van der Waals surface area contributed by atoms with Gasteiger partial charge in [-0.15, -0.1) is 11.6 Å². The van der Waals surface area contributed by atoms with Gasteiger partial charge in [0.1, 0.15) is 0 Å². The molecule has 0 saturated carbocycles. The van der Waals surface area contributed by atoms with Crippen molar-refractivity contribution in [2.45, 2.75) is 20.8 Å². The van der Waals surface area contributed by atoms with Gasteiger partial charge in [0.25, 0.3) is 0 Å². The number of halogens is 1. The Kier molecular flexibility index (Phi) is 3.53. The third-order valence-corrected chi connectivity index (χ3v) is 3.28. The zero-order chi connectivity index (χ0) is 13.3. The van der Waals surface area contributed by atoms with E-state index in [-0.39, 0.29) is 11.7 Å². The topological polar surface area (TPSA) is 34.9 Å². The van der Waals surface area contributed by atoms with Gasteiger partial charge in [-0.3, -0.25) is 4.79 Å². The maximum atomic E-state index is 11.8. The zero-order valence-corrected chi connectivity index (χ0v) is 11.5. The summed E-state index contributed by atoms with van der Waals surface area (Å²) in [5, 5.41) is 4.45. The Hall–Kier alpha value is -1.61. The summed E-state index contributed by atoms with van der Waals surface area (Å²) in [5.74, 6) is -0.0901. The minimum absolute atomic E-state index is 0.0128. The minimum atomic E-state index is -0.0773. The van der Waals surface area contributed by atoms with Gasteiger partial charge < -0.3 is 0 Å². The molecule has 1 aromatic heterocycles. The molecule has 94 valence electrons. The number of aromatic nitrogens is 2. The third-order valence-electron chi connectivity index (χ3n) is 3.04. The van der Waals surface area contributed by atoms with E-state index in [0.717, 1.165) is 22.6 Å². The van der Waals surface area contributed by atoms with Crippen molar-refractivity contribution >= 4 is 17.4 Å². The first-order valence-electron chi connectivity index (χ1n) is 5.77. The van der Waals surface area contributed by atoms with Gasteiger partial charge in [-0.25, -0.2) is 4.68 Å². The number of carbonyl (C=O) groups excluding carboxylic acids is 1. The third kappa shape index (κ3) is 2.06. The Morgan fingerprint density at radius 3 is 2.56 bits per heavy atom. The number of Topliss-reactive ketones (excluding diaryl/α,β-unsaturated/α-hetero) is 1. The summed E-state index contributed by atoms with van der Waals surface area (Å²) in [5.41, 5.74) is 4.31. The van der Waals surface area contributed by atoms with Gasteiger partial charge in [-0.1, -0.05) is 18.2 Å². The van der Waals surface area contributed by atoms with Crippen LogP contribution in [-0.2, 0) is 0 Å². The SMILES string of the molecule is Cc1ccccc1-n1nc(C)c(C(=O)CCl)c1C. The molecule has 0 aliphatic heterocycles. The van der Waals surface area contributed by atoms with E-state index in [1.807, 2.05) is 49.7 Å². The predicted molar refractivity (Wildman–Crippen MR) is 72.8 cm³/mol. The maximum absolute atomic E-state index is 11.8. The highest BCUT2D eigenvalue weighted by Gasteiger charge is 2.18. The second kappa shape index (κ2) is 4.94. The summed E-state index contributed by atoms with van der Waals surface area (Å²) in [6.45, 7) is 5.75. The van der Waals surface area contributed by atoms with Crippen LogP contribution < -0.4 is 0 Å². The summed E-state index contributed by atoms with van der Waals surface area (Å²) in [7, 11) is 0. The van der Waals surface area contributed by atoms with Crippen LogP contribution in [0.25, 0.3) is 5.69 Å². The van der Waals surface area contributed by atoms with Crippen molar-refractivity contribution in [2.75, 3.05) is 5.88 Å². The lowest BCUT2D eigenvalue weighted by molar-refractivity contribution is 0.102. The number of hydrogen-bond donors (Lipinski definition) is 0. The van der Waals surface area contributed by atoms with Crippen LogP contribution >= 0.6 is 11.6 Å². The quantitative estimate of drug-likeness (QED) is 0.629. The van der Waals surface area contributed by atoms with Gasteiger partial charge >= 0.3 is 0 Å². The van der Waals surface area contributed by atoms with E-state index >= 15 is 0 Å². The van der Waals surface area contributed by atoms with Crippen LogP contribution in [0.3, 0.4) is 0 Å². The first kappa shape index (κ1) is 12.8. The van der Waals surface area contributed by atoms with Crippen LogP contribution in [0.5, 0.6) is 0 Å². The number of rotatable bonds is 3. The van der Waals surface area contributed by atoms with E-state index in [2.05, 4.69) is 5.10 Å². The number of ketones is 1. The molecule has 2 aromatic rings. The second-order valence-corrected chi connectivity index (χ2v) is 4.57. The van der Waals surface area contributed by atoms with Crippen LogP contribution in [0.15, 0.2) is 24.3 Å². The molecule has 18 heavy (non-hydrogen) atoms. The molecule has 0 saturated heterocycles. The highest BCUT2D eigenvalue weighted by molar-refractivity contribution is 6.30. The van der Waals surface area contributed by atoms with Gasteiger partial charge in [0.05, 0.1) is 28.5 Å². The average molecular weight is 263 g/mol. The molecule has 0 atom stereocenters. The fraction of sp³-hybridized carbons (Fsp3) is 0.286. The van der Waals surface area contributed by atoms with Crippen molar-refractivity contribution in [1.29, 1.82) is 0 Å². The van der Waals surface area contributed by atoms with Crippen molar-refractivity contribution < 1.29 is 4.79 Å². The van der Waals surface area contributed by atoms with Gasteiger partial charge in [0, 0.05) is 0 Å². The predicted octanol–water partition coefficient (Wildman–Crippen LogP) is 3.22. The Balaban J connectivity index is 2.62. The van der Waals surface area contributed by atoms with Gasteiger partial charge in [-0.2, -0.15) is 5.10 Å². The average Bonchev–Trinajstić information content (AvgIpc) is 2.65. The van der Waals surface area contributed by atoms with Gasteiger partial charge in [0.2, 0.25) is 0 Å². The van der Waals surface area contributed by atoms with Crippen LogP contribution in [0.2, 0.25) is 0 Å². The van der Waals surface area contributed by atoms with Gasteiger partial charge in [-0.05, 0) is 32.4 Å². The lowest BCUT2D eigenvalue weighted by Crippen LogP contribution is -2.05. The number of aryl methyl sites for hydroxylation is 2. The number of nitrogens with zero attached hydrogens (tertiary/aromatic N) is 2. The number of carbonyl (C=O) groups is 1. The minimum Gasteiger partial charge on any atom is -0.293 e. The Morgan fingerprint density at radius 1 is 1.28 bits per heavy atom. The van der Waals surface area contributed by atoms with E-state index in [0.29, 0.717) is 5.56 Å². The van der Waals surface area contributed by atoms with Crippen LogP contribution in [0.1, 0.15) is 27.3 Å². The number of alkyl halides is 1. The fourth-order valence-electron chi connectivity index (χ4n) is 2.15. The molecule has 0 aliphatic rings. The zero-order valence-electron chi connectivity index (χ0n) is 10.7. The maximum Gasteiger partial charge on any atom is 0.181 e. The molecule has 3 nitrogen and oxygen atoms in total. The standard InChI is InChI=1S/C14H15ClN2O/c1-9-6-4-5-7-12(9)17-11(3)14(10(2)16-17)13(18)8-15/h4-7H,8H2,1-3H3. The van der Waals surface area contributed by atoms with Gasteiger partial charge in [0.15, 0.2) is 5.78 Å². The second-order valence-electron chi connectivity index (χ2n) is 4.30. The molecule has 1 heterocycles. The molecule has 0 fully saturated rings. The van der Waals surface area contributed by atoms with Crippen molar-refractivity contribution in [3.05, 3.63) is 46.8 Å². The molecule has 2 rings (SSSR count). The molecule has 0 amide bonds. The smallest absolute Gasteiger partial charge is 0.181 e.